The Labute approximate surface area is 215 Å². The average molecular weight is 569 g/mol. The number of likely N-dealkylation sites (N-methyl/N-ethyl adjacent to an activating group) is 1. The Morgan fingerprint density at radius 1 is 1.12 bits per heavy atom. The van der Waals surface area contributed by atoms with Gasteiger partial charge < -0.3 is 29.5 Å². The van der Waals surface area contributed by atoms with Crippen molar-refractivity contribution >= 4 is 35.8 Å². The topological polar surface area (TPSA) is 65.5 Å². The van der Waals surface area contributed by atoms with Gasteiger partial charge in [0.05, 0.1) is 14.2 Å². The van der Waals surface area contributed by atoms with Gasteiger partial charge in [-0.05, 0) is 36.4 Å². The molecular weight excluding hydrogens is 531 g/mol. The Balaban J connectivity index is 0.00000385. The van der Waals surface area contributed by atoms with Crippen LogP contribution in [0.15, 0.2) is 41.5 Å². The molecule has 1 saturated heterocycles. The third-order valence-corrected chi connectivity index (χ3v) is 5.88. The first-order chi connectivity index (χ1) is 15.6. The first kappa shape index (κ1) is 27.0. The van der Waals surface area contributed by atoms with Crippen LogP contribution in [0.1, 0.15) is 18.1 Å². The minimum atomic E-state index is 0. The van der Waals surface area contributed by atoms with E-state index in [1.807, 2.05) is 31.4 Å². The summed E-state index contributed by atoms with van der Waals surface area (Å²) in [6, 6.07) is 10.1. The summed E-state index contributed by atoms with van der Waals surface area (Å²) in [5.41, 5.74) is 2.25. The van der Waals surface area contributed by atoms with Gasteiger partial charge in [-0.2, -0.15) is 0 Å². The van der Waals surface area contributed by atoms with Crippen molar-refractivity contribution in [3.63, 3.8) is 0 Å². The molecule has 0 amide bonds. The van der Waals surface area contributed by atoms with Crippen LogP contribution < -0.4 is 19.7 Å². The van der Waals surface area contributed by atoms with Crippen molar-refractivity contribution in [1.82, 2.24) is 20.1 Å². The summed E-state index contributed by atoms with van der Waals surface area (Å²) in [5, 5.41) is 3.47. The standard InChI is InChI=1S/C24H36N6O2.HI/c1-6-29-11-13-30(14-12-29)23-15-19(9-10-26-23)17-27-24(25-2)28(3)18-20-7-8-21(31-4)16-22(20)32-5;/h7-10,15-16H,6,11-14,17-18H2,1-5H3,(H,25,27);1H. The van der Waals surface area contributed by atoms with Gasteiger partial charge in [-0.1, -0.05) is 6.92 Å². The number of benzene rings is 1. The zero-order valence-electron chi connectivity index (χ0n) is 20.4. The molecule has 0 spiro atoms. The van der Waals surface area contributed by atoms with Crippen molar-refractivity contribution in [1.29, 1.82) is 0 Å². The van der Waals surface area contributed by atoms with Crippen molar-refractivity contribution < 1.29 is 9.47 Å². The number of hydrogen-bond acceptors (Lipinski definition) is 6. The number of rotatable bonds is 8. The molecule has 1 aliphatic heterocycles. The number of nitrogens with zero attached hydrogens (tertiary/aromatic N) is 5. The molecule has 0 unspecified atom stereocenters. The zero-order valence-corrected chi connectivity index (χ0v) is 22.7. The van der Waals surface area contributed by atoms with E-state index in [0.29, 0.717) is 13.1 Å². The maximum atomic E-state index is 5.53. The van der Waals surface area contributed by atoms with E-state index in [2.05, 4.69) is 49.0 Å². The first-order valence-electron chi connectivity index (χ1n) is 11.1. The number of methoxy groups -OCH3 is 2. The van der Waals surface area contributed by atoms with E-state index in [9.17, 15) is 0 Å². The highest BCUT2D eigenvalue weighted by Gasteiger charge is 2.17. The lowest BCUT2D eigenvalue weighted by atomic mass is 10.2. The maximum absolute atomic E-state index is 5.53. The van der Waals surface area contributed by atoms with Gasteiger partial charge in [0.15, 0.2) is 5.96 Å². The Bertz CT molecular complexity index is 902. The van der Waals surface area contributed by atoms with E-state index in [0.717, 1.165) is 61.6 Å². The lowest BCUT2D eigenvalue weighted by Crippen LogP contribution is -2.46. The van der Waals surface area contributed by atoms with Crippen LogP contribution in [0.2, 0.25) is 0 Å². The molecule has 1 fully saturated rings. The van der Waals surface area contributed by atoms with Gasteiger partial charge in [0.2, 0.25) is 0 Å². The summed E-state index contributed by atoms with van der Waals surface area (Å²) in [5.74, 6) is 3.44. The summed E-state index contributed by atoms with van der Waals surface area (Å²) in [7, 11) is 7.15. The number of pyridine rings is 1. The molecule has 3 rings (SSSR count). The summed E-state index contributed by atoms with van der Waals surface area (Å²) in [4.78, 5) is 16.0. The second kappa shape index (κ2) is 13.4. The lowest BCUT2D eigenvalue weighted by Gasteiger charge is -2.34. The van der Waals surface area contributed by atoms with Crippen LogP contribution >= 0.6 is 24.0 Å². The number of nitrogens with one attached hydrogen (secondary N) is 1. The normalized spacial score (nSPS) is 14.5. The fraction of sp³-hybridized carbons (Fsp3) is 0.500. The van der Waals surface area contributed by atoms with E-state index in [1.54, 1.807) is 21.3 Å². The highest BCUT2D eigenvalue weighted by Crippen LogP contribution is 2.25. The van der Waals surface area contributed by atoms with E-state index in [-0.39, 0.29) is 24.0 Å². The molecule has 0 radical (unpaired) electrons. The third kappa shape index (κ3) is 7.36. The highest BCUT2D eigenvalue weighted by molar-refractivity contribution is 14.0. The molecule has 2 aromatic rings. The second-order valence-electron chi connectivity index (χ2n) is 7.88. The lowest BCUT2D eigenvalue weighted by molar-refractivity contribution is 0.270. The van der Waals surface area contributed by atoms with E-state index >= 15 is 0 Å². The molecule has 0 atom stereocenters. The molecule has 1 N–H and O–H groups in total. The van der Waals surface area contributed by atoms with Gasteiger partial charge in [0.1, 0.15) is 17.3 Å². The second-order valence-corrected chi connectivity index (χ2v) is 7.88. The van der Waals surface area contributed by atoms with Crippen molar-refractivity contribution in [2.24, 2.45) is 4.99 Å². The molecule has 0 saturated carbocycles. The van der Waals surface area contributed by atoms with Crippen molar-refractivity contribution in [2.45, 2.75) is 20.0 Å². The van der Waals surface area contributed by atoms with Crippen LogP contribution in [-0.4, -0.2) is 81.8 Å². The smallest absolute Gasteiger partial charge is 0.193 e. The number of aromatic nitrogens is 1. The van der Waals surface area contributed by atoms with Crippen molar-refractivity contribution in [2.75, 3.05) is 65.9 Å². The van der Waals surface area contributed by atoms with Crippen LogP contribution in [0.5, 0.6) is 11.5 Å². The highest BCUT2D eigenvalue weighted by atomic mass is 127. The summed E-state index contributed by atoms with van der Waals surface area (Å²) in [6.45, 7) is 8.89. The van der Waals surface area contributed by atoms with Gasteiger partial charge in [0.25, 0.3) is 0 Å². The number of anilines is 1. The number of piperazine rings is 1. The minimum Gasteiger partial charge on any atom is -0.497 e. The van der Waals surface area contributed by atoms with E-state index in [4.69, 9.17) is 9.47 Å². The number of ether oxygens (including phenoxy) is 2. The Morgan fingerprint density at radius 2 is 1.88 bits per heavy atom. The molecule has 2 heterocycles. The number of guanidine groups is 1. The third-order valence-electron chi connectivity index (χ3n) is 5.88. The van der Waals surface area contributed by atoms with Crippen LogP contribution in [0.3, 0.4) is 0 Å². The van der Waals surface area contributed by atoms with Gasteiger partial charge in [-0.3, -0.25) is 4.99 Å². The van der Waals surface area contributed by atoms with Crippen molar-refractivity contribution in [3.05, 3.63) is 47.7 Å². The molecule has 0 bridgehead atoms. The fourth-order valence-corrected chi connectivity index (χ4v) is 3.92. The number of hydrogen-bond donors (Lipinski definition) is 1. The zero-order chi connectivity index (χ0) is 22.9. The summed E-state index contributed by atoms with van der Waals surface area (Å²) in [6.07, 6.45) is 1.90. The van der Waals surface area contributed by atoms with E-state index < -0.39 is 0 Å². The first-order valence-corrected chi connectivity index (χ1v) is 11.1. The minimum absolute atomic E-state index is 0. The molecule has 33 heavy (non-hydrogen) atoms. The predicted molar refractivity (Wildman–Crippen MR) is 145 cm³/mol. The van der Waals surface area contributed by atoms with Crippen LogP contribution in [0.25, 0.3) is 0 Å². The molecule has 0 aliphatic carbocycles. The Hall–Kier alpha value is -2.27. The Morgan fingerprint density at radius 3 is 2.52 bits per heavy atom. The maximum Gasteiger partial charge on any atom is 0.193 e. The predicted octanol–water partition coefficient (Wildman–Crippen LogP) is 3.07. The molecule has 9 heteroatoms. The largest absolute Gasteiger partial charge is 0.497 e. The van der Waals surface area contributed by atoms with Gasteiger partial charge >= 0.3 is 0 Å². The average Bonchev–Trinajstić information content (AvgIpc) is 2.85. The monoisotopic (exact) mass is 568 g/mol. The number of halogens is 1. The van der Waals surface area contributed by atoms with Gasteiger partial charge in [0, 0.05) is 71.2 Å². The quantitative estimate of drug-likeness (QED) is 0.299. The summed E-state index contributed by atoms with van der Waals surface area (Å²) >= 11 is 0. The van der Waals surface area contributed by atoms with Gasteiger partial charge in [-0.15, -0.1) is 24.0 Å². The molecule has 1 aromatic carbocycles. The Kier molecular flexibility index (Phi) is 11.0. The molecular formula is C24H37IN6O2. The fourth-order valence-electron chi connectivity index (χ4n) is 3.92. The van der Waals surface area contributed by atoms with Gasteiger partial charge in [-0.25, -0.2) is 4.98 Å². The molecule has 1 aromatic heterocycles. The SMILES string of the molecule is CCN1CCN(c2cc(CNC(=NC)N(C)Cc3ccc(OC)cc3OC)ccn2)CC1.I. The van der Waals surface area contributed by atoms with Crippen LogP contribution in [-0.2, 0) is 13.1 Å². The molecule has 1 aliphatic rings. The van der Waals surface area contributed by atoms with Crippen LogP contribution in [0.4, 0.5) is 5.82 Å². The summed E-state index contributed by atoms with van der Waals surface area (Å²) < 4.78 is 10.8. The number of aliphatic imine (C=N–C) groups is 1. The molecule has 8 nitrogen and oxygen atoms in total. The van der Waals surface area contributed by atoms with Crippen LogP contribution in [0, 0.1) is 0 Å². The van der Waals surface area contributed by atoms with Crippen molar-refractivity contribution in [3.8, 4) is 11.5 Å². The van der Waals surface area contributed by atoms with E-state index in [1.165, 1.54) is 5.56 Å². The molecule has 182 valence electrons.